The Bertz CT molecular complexity index is 1480. The van der Waals surface area contributed by atoms with Crippen LogP contribution in [0.2, 0.25) is 0 Å². The minimum atomic E-state index is -0.780. The van der Waals surface area contributed by atoms with E-state index in [0.717, 1.165) is 93.5 Å². The third-order valence-electron chi connectivity index (χ3n) is 11.1. The summed E-state index contributed by atoms with van der Waals surface area (Å²) in [5.74, 6) is 1.70. The maximum absolute atomic E-state index is 12.2. The summed E-state index contributed by atoms with van der Waals surface area (Å²) >= 11 is 2.86. The van der Waals surface area contributed by atoms with E-state index in [1.54, 1.807) is 18.8 Å². The summed E-state index contributed by atoms with van der Waals surface area (Å²) in [6.07, 6.45) is 11.5. The number of amides is 3. The standard InChI is InChI=1S/C19H26N2O4S.C17H21NO3S.C4H8O.Al.BH2I.2H/c1-21(24-2)16(22)12-19-10-8-18(9-11-19,14-26-19)20-17(23)25-13-15-6-4-3-5-7-15;19-11-10-17-8-6-16(7-9-17,13-22-17)18-15(20)21-12-14-4-2-1-3-5-14;1-2-4-5-3-1;;1-2;;/h3-7H,8-14H2,1-2H3,(H,20,23);1-5,11H,6-10,12-13H2,(H,18,20);1-4H2;;2H2;;/i;;;;2D;;. The molecule has 0 unspecified atom stereocenters. The molecule has 307 valence electrons. The monoisotopic (exact) mass is 939 g/mol. The maximum Gasteiger partial charge on any atom is 0.146 e. The molecular weight excluding hydrogens is 879 g/mol. The van der Waals surface area contributed by atoms with Crippen molar-refractivity contribution in [3.63, 3.8) is 0 Å². The number of halogens is 1. The van der Waals surface area contributed by atoms with Crippen molar-refractivity contribution in [2.75, 3.05) is 38.9 Å². The van der Waals surface area contributed by atoms with Gasteiger partial charge in [0, 0.05) is 54.1 Å². The van der Waals surface area contributed by atoms with Gasteiger partial charge in [-0.05, 0) is 75.3 Å². The molecule has 2 aliphatic carbocycles. The zero-order chi connectivity index (χ0) is 40.3. The van der Waals surface area contributed by atoms with Gasteiger partial charge in [0.05, 0.1) is 18.2 Å². The third-order valence-corrected chi connectivity index (χ3v) is 14.8. The summed E-state index contributed by atoms with van der Waals surface area (Å²) in [7, 11) is 3.14. The molecule has 16 heteroatoms. The molecule has 5 aliphatic heterocycles. The van der Waals surface area contributed by atoms with Crippen molar-refractivity contribution in [3.8, 4) is 0 Å². The predicted molar refractivity (Wildman–Crippen MR) is 239 cm³/mol. The maximum atomic E-state index is 12.2. The molecule has 7 fully saturated rings. The summed E-state index contributed by atoms with van der Waals surface area (Å²) in [5, 5.41) is 7.47. The average Bonchev–Trinajstić information content (AvgIpc) is 3.83. The molecule has 2 aromatic carbocycles. The van der Waals surface area contributed by atoms with E-state index in [4.69, 9.17) is 19.6 Å². The van der Waals surface area contributed by atoms with Crippen LogP contribution in [0.1, 0.15) is 88.2 Å². The molecule has 56 heavy (non-hydrogen) atoms. The molecule has 0 atom stereocenters. The number of aldehydes is 1. The topological polar surface area (TPSA) is 132 Å². The van der Waals surface area contributed by atoms with Gasteiger partial charge in [0.2, 0.25) is 5.91 Å². The van der Waals surface area contributed by atoms with E-state index in [9.17, 15) is 19.2 Å². The van der Waals surface area contributed by atoms with Crippen LogP contribution in [0.25, 0.3) is 0 Å². The molecular formula is C40H59AlBIN3O8S2. The van der Waals surface area contributed by atoms with E-state index in [1.807, 2.05) is 72.4 Å². The van der Waals surface area contributed by atoms with Crippen molar-refractivity contribution in [2.45, 2.75) is 111 Å². The van der Waals surface area contributed by atoms with Crippen LogP contribution in [-0.4, -0.2) is 113 Å². The fourth-order valence-corrected chi connectivity index (χ4v) is 10.7. The molecule has 11 nitrogen and oxygen atoms in total. The zero-order valence-electron chi connectivity index (χ0n) is 34.1. The van der Waals surface area contributed by atoms with Crippen LogP contribution >= 0.6 is 45.7 Å². The number of ether oxygens (including phenoxy) is 3. The fraction of sp³-hybridized carbons (Fsp3) is 0.600. The van der Waals surface area contributed by atoms with Gasteiger partial charge in [0.1, 0.15) is 36.9 Å². The van der Waals surface area contributed by atoms with Gasteiger partial charge < -0.3 is 29.6 Å². The van der Waals surface area contributed by atoms with E-state index in [1.165, 1.54) is 25.0 Å². The van der Waals surface area contributed by atoms with Crippen LogP contribution in [0.5, 0.6) is 0 Å². The second kappa shape index (κ2) is 24.2. The van der Waals surface area contributed by atoms with Gasteiger partial charge in [-0.1, -0.05) is 60.7 Å². The Hall–Kier alpha value is -1.93. The number of hydroxylamine groups is 2. The van der Waals surface area contributed by atoms with Gasteiger partial charge in [0.25, 0.3) is 0 Å². The Morgan fingerprint density at radius 2 is 1.25 bits per heavy atom. The van der Waals surface area contributed by atoms with Gasteiger partial charge >= 0.3 is 40.7 Å². The number of nitrogens with zero attached hydrogens (tertiary/aromatic N) is 1. The largest absolute Gasteiger partial charge is 0.146 e. The third kappa shape index (κ3) is 14.7. The van der Waals surface area contributed by atoms with E-state index >= 15 is 0 Å². The van der Waals surface area contributed by atoms with Crippen molar-refractivity contribution < 1.29 is 38.2 Å². The molecule has 2 aromatic rings. The molecule has 0 spiro atoms. The second-order valence-electron chi connectivity index (χ2n) is 14.8. The molecule has 3 radical (unpaired) electrons. The summed E-state index contributed by atoms with van der Waals surface area (Å²) in [5.41, 5.74) is 6.24. The Morgan fingerprint density at radius 3 is 1.59 bits per heavy atom. The number of nitrogens with one attached hydrogen (secondary N) is 2. The number of fused-ring (bicyclic) bond motifs is 6. The number of hydrogen-bond donors (Lipinski definition) is 2. The SMILES string of the molecule is C1CCOC1.CON(C)C(=O)CC12CCC(NC(=O)OCc3ccccc3)(CC1)CS2.O=CCC12CCC(NC(=O)OCc3ccccc3)(CC1)CS2.[2H][IH][B].[AlH2]. The van der Waals surface area contributed by atoms with E-state index in [2.05, 4.69) is 16.3 Å². The quantitative estimate of drug-likeness (QED) is 0.115. The first kappa shape index (κ1) is 46.8. The Morgan fingerprint density at radius 1 is 0.821 bits per heavy atom. The van der Waals surface area contributed by atoms with Gasteiger partial charge in [-0.3, -0.25) is 9.63 Å². The number of carbonyl (C=O) groups excluding carboxylic acids is 4. The summed E-state index contributed by atoms with van der Waals surface area (Å²) < 4.78 is 21.9. The zero-order valence-corrected chi connectivity index (χ0v) is 39.1. The smallest absolute Gasteiger partial charge is 0.146 e. The first-order chi connectivity index (χ1) is 27.0. The predicted octanol–water partition coefficient (Wildman–Crippen LogP) is 6.27. The van der Waals surface area contributed by atoms with Gasteiger partial charge in [-0.25, -0.2) is 14.7 Å². The first-order valence-electron chi connectivity index (χ1n) is 19.3. The van der Waals surface area contributed by atoms with Gasteiger partial charge in [0.15, 0.2) is 0 Å². The van der Waals surface area contributed by atoms with Crippen molar-refractivity contribution in [1.82, 2.24) is 15.7 Å². The molecule has 5 saturated heterocycles. The number of carbonyl (C=O) groups is 4. The molecule has 2 saturated carbocycles. The fourth-order valence-electron chi connectivity index (χ4n) is 7.44. The van der Waals surface area contributed by atoms with E-state index in [-0.39, 0.29) is 62.6 Å². The van der Waals surface area contributed by atoms with Crippen molar-refractivity contribution in [1.29, 1.82) is 0.594 Å². The summed E-state index contributed by atoms with van der Waals surface area (Å²) in [4.78, 5) is 52.3. The minimum Gasteiger partial charge on any atom is 0.146 e. The molecule has 4 bridgehead atoms. The van der Waals surface area contributed by atoms with Crippen LogP contribution < -0.4 is 10.6 Å². The number of hydrogen-bond acceptors (Lipinski definition) is 10. The van der Waals surface area contributed by atoms with Crippen LogP contribution in [0.4, 0.5) is 9.59 Å². The van der Waals surface area contributed by atoms with Crippen LogP contribution in [-0.2, 0) is 41.9 Å². The van der Waals surface area contributed by atoms with Crippen molar-refractivity contribution >= 4 is 93.1 Å². The van der Waals surface area contributed by atoms with Gasteiger partial charge in [-0.15, -0.1) is 0 Å². The average molecular weight is 940 g/mol. The Labute approximate surface area is 366 Å². The molecule has 0 aromatic heterocycles. The van der Waals surface area contributed by atoms with Crippen molar-refractivity contribution in [2.24, 2.45) is 0 Å². The van der Waals surface area contributed by atoms with Crippen LogP contribution in [0.15, 0.2) is 60.7 Å². The number of thioether (sulfide) groups is 2. The summed E-state index contributed by atoms with van der Waals surface area (Å²) in [6.45, 7) is 2.57. The number of benzene rings is 2. The van der Waals surface area contributed by atoms with Gasteiger partial charge in [-0.2, -0.15) is 23.5 Å². The normalized spacial score (nSPS) is 26.8. The van der Waals surface area contributed by atoms with Crippen molar-refractivity contribution in [3.05, 3.63) is 71.8 Å². The Kier molecular flexibility index (Phi) is 20.2. The second-order valence-corrected chi connectivity index (χ2v) is 17.7. The first-order valence-corrected chi connectivity index (χ1v) is 22.2. The molecule has 7 aliphatic rings. The summed E-state index contributed by atoms with van der Waals surface area (Å²) in [6, 6.07) is 19.3. The number of alkyl carbamates (subject to hydrolysis) is 2. The van der Waals surface area contributed by atoms with Crippen LogP contribution in [0, 0.1) is 0 Å². The Balaban J connectivity index is 0.000000254. The molecule has 3 amide bonds. The number of rotatable bonds is 11. The minimum absolute atomic E-state index is 0. The van der Waals surface area contributed by atoms with Crippen LogP contribution in [0.3, 0.4) is 0 Å². The molecule has 9 rings (SSSR count). The van der Waals surface area contributed by atoms with E-state index in [0.29, 0.717) is 19.4 Å². The molecule has 5 heterocycles. The van der Waals surface area contributed by atoms with E-state index < -0.39 is 22.2 Å². The molecule has 2 N–H and O–H groups in total.